The molecule has 2 rings (SSSR count). The molecular weight excluding hydrogens is 293 g/mol. The number of likely N-dealkylation sites (tertiary alicyclic amines) is 1. The monoisotopic (exact) mass is 313 g/mol. The van der Waals surface area contributed by atoms with Gasteiger partial charge < -0.3 is 15.1 Å². The van der Waals surface area contributed by atoms with Gasteiger partial charge in [-0.2, -0.15) is 0 Å². The number of hydrogen-bond acceptors (Lipinski definition) is 2. The van der Waals surface area contributed by atoms with Gasteiger partial charge in [0.2, 0.25) is 0 Å². The van der Waals surface area contributed by atoms with E-state index in [1.165, 1.54) is 18.9 Å². The number of halogens is 2. The van der Waals surface area contributed by atoms with Gasteiger partial charge in [-0.25, -0.2) is 9.18 Å². The first-order chi connectivity index (χ1) is 10.1. The van der Waals surface area contributed by atoms with Gasteiger partial charge in [0.1, 0.15) is 5.82 Å². The third-order valence-corrected chi connectivity index (χ3v) is 4.05. The molecule has 21 heavy (non-hydrogen) atoms. The molecule has 0 unspecified atom stereocenters. The Morgan fingerprint density at radius 1 is 1.43 bits per heavy atom. The normalized spacial score (nSPS) is 15.2. The highest BCUT2D eigenvalue weighted by Gasteiger charge is 2.14. The SMILES string of the molecule is CN(CCN1CCCC1)C(=O)NCc1cccc(Cl)c1F. The Morgan fingerprint density at radius 2 is 2.14 bits per heavy atom. The van der Waals surface area contributed by atoms with Crippen LogP contribution in [0.1, 0.15) is 18.4 Å². The Balaban J connectivity index is 1.76. The largest absolute Gasteiger partial charge is 0.334 e. The average molecular weight is 314 g/mol. The molecule has 0 aromatic heterocycles. The third kappa shape index (κ3) is 4.58. The molecule has 0 aliphatic carbocycles. The lowest BCUT2D eigenvalue weighted by molar-refractivity contribution is 0.200. The summed E-state index contributed by atoms with van der Waals surface area (Å²) in [5, 5.41) is 2.79. The summed E-state index contributed by atoms with van der Waals surface area (Å²) in [5.74, 6) is -0.473. The van der Waals surface area contributed by atoms with E-state index in [1.807, 2.05) is 0 Å². The Kier molecular flexibility index (Phi) is 5.82. The van der Waals surface area contributed by atoms with E-state index in [0.29, 0.717) is 12.1 Å². The molecule has 0 bridgehead atoms. The topological polar surface area (TPSA) is 35.6 Å². The molecule has 1 saturated heterocycles. The summed E-state index contributed by atoms with van der Waals surface area (Å²) in [7, 11) is 1.75. The predicted molar refractivity (Wildman–Crippen MR) is 81.9 cm³/mol. The van der Waals surface area contributed by atoms with Crippen LogP contribution in [0.4, 0.5) is 9.18 Å². The molecule has 1 aliphatic rings. The van der Waals surface area contributed by atoms with Crippen molar-refractivity contribution >= 4 is 17.6 Å². The lowest BCUT2D eigenvalue weighted by Gasteiger charge is -2.22. The van der Waals surface area contributed by atoms with Crippen LogP contribution in [-0.4, -0.2) is 49.1 Å². The van der Waals surface area contributed by atoms with Gasteiger partial charge >= 0.3 is 6.03 Å². The number of carbonyl (C=O) groups is 1. The van der Waals surface area contributed by atoms with Crippen molar-refractivity contribution in [3.8, 4) is 0 Å². The van der Waals surface area contributed by atoms with Crippen molar-refractivity contribution in [3.63, 3.8) is 0 Å². The van der Waals surface area contributed by atoms with Crippen LogP contribution in [0.25, 0.3) is 0 Å². The van der Waals surface area contributed by atoms with Crippen LogP contribution in [0.3, 0.4) is 0 Å². The van der Waals surface area contributed by atoms with Crippen molar-refractivity contribution in [2.75, 3.05) is 33.2 Å². The third-order valence-electron chi connectivity index (χ3n) is 3.76. The van der Waals surface area contributed by atoms with Gasteiger partial charge in [0.25, 0.3) is 0 Å². The van der Waals surface area contributed by atoms with Gasteiger partial charge in [0.15, 0.2) is 0 Å². The second kappa shape index (κ2) is 7.61. The van der Waals surface area contributed by atoms with Crippen LogP contribution in [-0.2, 0) is 6.54 Å². The van der Waals surface area contributed by atoms with Crippen LogP contribution in [0.15, 0.2) is 18.2 Å². The predicted octanol–water partition coefficient (Wildman–Crippen LogP) is 2.72. The van der Waals surface area contributed by atoms with Crippen molar-refractivity contribution in [1.29, 1.82) is 0 Å². The van der Waals surface area contributed by atoms with Crippen molar-refractivity contribution in [2.45, 2.75) is 19.4 Å². The molecule has 0 saturated carbocycles. The zero-order chi connectivity index (χ0) is 15.2. The van der Waals surface area contributed by atoms with Crippen LogP contribution in [0.5, 0.6) is 0 Å². The highest BCUT2D eigenvalue weighted by Crippen LogP contribution is 2.17. The highest BCUT2D eigenvalue weighted by molar-refractivity contribution is 6.30. The molecular formula is C15H21ClFN3O. The fourth-order valence-corrected chi connectivity index (χ4v) is 2.58. The van der Waals surface area contributed by atoms with E-state index in [4.69, 9.17) is 11.6 Å². The maximum absolute atomic E-state index is 13.7. The zero-order valence-electron chi connectivity index (χ0n) is 12.2. The average Bonchev–Trinajstić information content (AvgIpc) is 2.99. The number of urea groups is 1. The van der Waals surface area contributed by atoms with E-state index in [2.05, 4.69) is 10.2 Å². The minimum atomic E-state index is -0.473. The molecule has 0 atom stereocenters. The van der Waals surface area contributed by atoms with Crippen LogP contribution in [0, 0.1) is 5.82 Å². The number of amides is 2. The van der Waals surface area contributed by atoms with E-state index in [0.717, 1.165) is 19.6 Å². The molecule has 0 spiro atoms. The molecule has 1 aromatic rings. The Bertz CT molecular complexity index is 492. The second-order valence-electron chi connectivity index (χ2n) is 5.34. The molecule has 1 N–H and O–H groups in total. The Morgan fingerprint density at radius 3 is 2.86 bits per heavy atom. The number of nitrogens with zero attached hydrogens (tertiary/aromatic N) is 2. The van der Waals surface area contributed by atoms with E-state index < -0.39 is 5.82 Å². The van der Waals surface area contributed by atoms with Gasteiger partial charge in [-0.3, -0.25) is 0 Å². The molecule has 1 heterocycles. The van der Waals surface area contributed by atoms with Crippen molar-refractivity contribution in [1.82, 2.24) is 15.1 Å². The van der Waals surface area contributed by atoms with Crippen molar-refractivity contribution in [2.24, 2.45) is 0 Å². The Hall–Kier alpha value is -1.33. The molecule has 1 fully saturated rings. The summed E-state index contributed by atoms with van der Waals surface area (Å²) in [6, 6.07) is 4.58. The highest BCUT2D eigenvalue weighted by atomic mass is 35.5. The summed E-state index contributed by atoms with van der Waals surface area (Å²) < 4.78 is 13.7. The van der Waals surface area contributed by atoms with Gasteiger partial charge in [0, 0.05) is 32.2 Å². The van der Waals surface area contributed by atoms with Gasteiger partial charge in [0.05, 0.1) is 5.02 Å². The number of hydrogen-bond donors (Lipinski definition) is 1. The van der Waals surface area contributed by atoms with Gasteiger partial charge in [-0.1, -0.05) is 23.7 Å². The van der Waals surface area contributed by atoms with E-state index in [1.54, 1.807) is 24.1 Å². The van der Waals surface area contributed by atoms with E-state index >= 15 is 0 Å². The lowest BCUT2D eigenvalue weighted by Crippen LogP contribution is -2.41. The summed E-state index contributed by atoms with van der Waals surface area (Å²) >= 11 is 5.71. The number of nitrogens with one attached hydrogen (secondary N) is 1. The first-order valence-electron chi connectivity index (χ1n) is 7.22. The summed E-state index contributed by atoms with van der Waals surface area (Å²) in [6.45, 7) is 3.92. The van der Waals surface area contributed by atoms with Gasteiger partial charge in [-0.05, 0) is 32.0 Å². The Labute approximate surface area is 129 Å². The molecule has 0 radical (unpaired) electrons. The number of likely N-dealkylation sites (N-methyl/N-ethyl adjacent to an activating group) is 1. The minimum Gasteiger partial charge on any atom is -0.334 e. The molecule has 2 amide bonds. The van der Waals surface area contributed by atoms with E-state index in [-0.39, 0.29) is 17.6 Å². The molecule has 6 heteroatoms. The molecule has 1 aliphatic heterocycles. The maximum atomic E-state index is 13.7. The smallest absolute Gasteiger partial charge is 0.317 e. The van der Waals surface area contributed by atoms with Crippen molar-refractivity contribution < 1.29 is 9.18 Å². The van der Waals surface area contributed by atoms with Crippen LogP contribution in [0.2, 0.25) is 5.02 Å². The maximum Gasteiger partial charge on any atom is 0.317 e. The van der Waals surface area contributed by atoms with E-state index in [9.17, 15) is 9.18 Å². The minimum absolute atomic E-state index is 0.0733. The van der Waals surface area contributed by atoms with Crippen LogP contribution < -0.4 is 5.32 Å². The summed E-state index contributed by atoms with van der Waals surface area (Å²) in [4.78, 5) is 15.9. The second-order valence-corrected chi connectivity index (χ2v) is 5.75. The summed E-state index contributed by atoms with van der Waals surface area (Å²) in [6.07, 6.45) is 2.48. The number of benzene rings is 1. The van der Waals surface area contributed by atoms with Crippen molar-refractivity contribution in [3.05, 3.63) is 34.6 Å². The quantitative estimate of drug-likeness (QED) is 0.907. The number of rotatable bonds is 5. The van der Waals surface area contributed by atoms with Crippen LogP contribution >= 0.6 is 11.6 Å². The zero-order valence-corrected chi connectivity index (χ0v) is 13.0. The molecule has 1 aromatic carbocycles. The summed E-state index contributed by atoms with van der Waals surface area (Å²) in [5.41, 5.74) is 0.392. The standard InChI is InChI=1S/C15H21ClFN3O/c1-19(9-10-20-7-2-3-8-20)15(21)18-11-12-5-4-6-13(16)14(12)17/h4-6H,2-3,7-11H2,1H3,(H,18,21). The lowest BCUT2D eigenvalue weighted by atomic mass is 10.2. The number of carbonyl (C=O) groups excluding carboxylic acids is 1. The first-order valence-corrected chi connectivity index (χ1v) is 7.60. The first kappa shape index (κ1) is 16.0. The fourth-order valence-electron chi connectivity index (χ4n) is 2.39. The molecule has 4 nitrogen and oxygen atoms in total. The van der Waals surface area contributed by atoms with Gasteiger partial charge in [-0.15, -0.1) is 0 Å². The fraction of sp³-hybridized carbons (Fsp3) is 0.533. The molecule has 116 valence electrons.